The Morgan fingerprint density at radius 3 is 2.22 bits per heavy atom. The average molecular weight is 252 g/mol. The number of nitrogens with zero attached hydrogens (tertiary/aromatic N) is 1. The molecule has 0 bridgehead atoms. The van der Waals surface area contributed by atoms with E-state index in [1.54, 1.807) is 0 Å². The lowest BCUT2D eigenvalue weighted by atomic mass is 9.85. The Balaban J connectivity index is 1.94. The molecule has 0 heterocycles. The zero-order valence-corrected chi connectivity index (χ0v) is 12.6. The van der Waals surface area contributed by atoms with Crippen LogP contribution in [-0.2, 0) is 0 Å². The first-order valence-corrected chi connectivity index (χ1v) is 8.11. The van der Waals surface area contributed by atoms with Crippen molar-refractivity contribution in [3.63, 3.8) is 0 Å². The van der Waals surface area contributed by atoms with Crippen molar-refractivity contribution in [2.24, 2.45) is 5.92 Å². The Hall–Kier alpha value is -0.0800. The van der Waals surface area contributed by atoms with Crippen molar-refractivity contribution in [2.45, 2.75) is 82.8 Å². The van der Waals surface area contributed by atoms with Crippen LogP contribution < -0.4 is 5.32 Å². The zero-order chi connectivity index (χ0) is 13.0. The van der Waals surface area contributed by atoms with Crippen molar-refractivity contribution >= 4 is 0 Å². The highest BCUT2D eigenvalue weighted by atomic mass is 15.2. The normalized spacial score (nSPS) is 38.7. The summed E-state index contributed by atoms with van der Waals surface area (Å²) in [5.41, 5.74) is 0. The van der Waals surface area contributed by atoms with Crippen LogP contribution in [-0.4, -0.2) is 37.1 Å². The van der Waals surface area contributed by atoms with Crippen LogP contribution in [0.5, 0.6) is 0 Å². The van der Waals surface area contributed by atoms with E-state index < -0.39 is 0 Å². The third-order valence-electron chi connectivity index (χ3n) is 5.43. The van der Waals surface area contributed by atoms with Gasteiger partial charge in [0, 0.05) is 18.1 Å². The summed E-state index contributed by atoms with van der Waals surface area (Å²) in [5.74, 6) is 0.962. The molecule has 0 aromatic carbocycles. The molecule has 2 nitrogen and oxygen atoms in total. The van der Waals surface area contributed by atoms with Gasteiger partial charge in [0.15, 0.2) is 0 Å². The molecule has 2 fully saturated rings. The number of likely N-dealkylation sites (N-methyl/N-ethyl adjacent to an activating group) is 2. The van der Waals surface area contributed by atoms with Gasteiger partial charge in [0.2, 0.25) is 0 Å². The predicted molar refractivity (Wildman–Crippen MR) is 78.9 cm³/mol. The minimum Gasteiger partial charge on any atom is -0.315 e. The van der Waals surface area contributed by atoms with Crippen LogP contribution >= 0.6 is 0 Å². The highest BCUT2D eigenvalue weighted by molar-refractivity contribution is 4.89. The maximum absolute atomic E-state index is 3.58. The van der Waals surface area contributed by atoms with Gasteiger partial charge in [-0.25, -0.2) is 0 Å². The average Bonchev–Trinajstić information content (AvgIpc) is 2.63. The van der Waals surface area contributed by atoms with E-state index in [2.05, 4.69) is 31.2 Å². The molecule has 0 saturated heterocycles. The van der Waals surface area contributed by atoms with Gasteiger partial charge >= 0.3 is 0 Å². The summed E-state index contributed by atoms with van der Waals surface area (Å²) in [4.78, 5) is 2.73. The van der Waals surface area contributed by atoms with Crippen LogP contribution in [0.2, 0.25) is 0 Å². The van der Waals surface area contributed by atoms with E-state index in [1.807, 2.05) is 0 Å². The Kier molecular flexibility index (Phi) is 5.50. The molecule has 0 aromatic heterocycles. The summed E-state index contributed by atoms with van der Waals surface area (Å²) in [5, 5.41) is 3.58. The van der Waals surface area contributed by atoms with Gasteiger partial charge < -0.3 is 5.32 Å². The van der Waals surface area contributed by atoms with Crippen molar-refractivity contribution in [1.82, 2.24) is 10.2 Å². The molecule has 0 amide bonds. The van der Waals surface area contributed by atoms with Crippen molar-refractivity contribution in [3.05, 3.63) is 0 Å². The summed E-state index contributed by atoms with van der Waals surface area (Å²) < 4.78 is 0. The number of nitrogens with one attached hydrogen (secondary N) is 1. The second kappa shape index (κ2) is 6.91. The van der Waals surface area contributed by atoms with E-state index in [0.717, 1.165) is 24.0 Å². The molecule has 1 N–H and O–H groups in total. The highest BCUT2D eigenvalue weighted by Crippen LogP contribution is 2.30. The third-order valence-corrected chi connectivity index (χ3v) is 5.43. The molecule has 0 aromatic rings. The molecule has 2 atom stereocenters. The quantitative estimate of drug-likeness (QED) is 0.774. The first-order chi connectivity index (χ1) is 8.72. The molecule has 2 rings (SSSR count). The maximum atomic E-state index is 3.58. The molecule has 106 valence electrons. The number of rotatable bonds is 3. The van der Waals surface area contributed by atoms with E-state index in [9.17, 15) is 0 Å². The van der Waals surface area contributed by atoms with E-state index in [4.69, 9.17) is 0 Å². The fourth-order valence-electron chi connectivity index (χ4n) is 4.03. The van der Waals surface area contributed by atoms with Gasteiger partial charge in [-0.05, 0) is 58.5 Å². The van der Waals surface area contributed by atoms with Gasteiger partial charge in [0.25, 0.3) is 0 Å². The van der Waals surface area contributed by atoms with Crippen LogP contribution in [0, 0.1) is 5.92 Å². The molecule has 0 radical (unpaired) electrons. The molecular formula is C16H32N2. The lowest BCUT2D eigenvalue weighted by Gasteiger charge is -2.41. The van der Waals surface area contributed by atoms with Crippen molar-refractivity contribution < 1.29 is 0 Å². The molecule has 18 heavy (non-hydrogen) atoms. The first kappa shape index (κ1) is 14.3. The van der Waals surface area contributed by atoms with Gasteiger partial charge in [-0.2, -0.15) is 0 Å². The third kappa shape index (κ3) is 3.48. The smallest absolute Gasteiger partial charge is 0.0249 e. The second-order valence-corrected chi connectivity index (χ2v) is 6.68. The van der Waals surface area contributed by atoms with E-state index >= 15 is 0 Å². The minimum absolute atomic E-state index is 0.719. The monoisotopic (exact) mass is 252 g/mol. The Bertz CT molecular complexity index is 233. The van der Waals surface area contributed by atoms with E-state index in [-0.39, 0.29) is 0 Å². The standard InChI is InChI=1S/C16H32N2/c1-13-9-11-14(12-10-13)18(3)16-8-6-4-5-7-15(16)17-2/h13-17H,4-12H2,1-3H3. The summed E-state index contributed by atoms with van der Waals surface area (Å²) in [6, 6.07) is 2.34. The van der Waals surface area contributed by atoms with Crippen LogP contribution in [0.15, 0.2) is 0 Å². The molecule has 2 aliphatic rings. The summed E-state index contributed by atoms with van der Waals surface area (Å²) in [7, 11) is 4.54. The molecule has 2 heteroatoms. The SMILES string of the molecule is CNC1CCCCCC1N(C)C1CCC(C)CC1. The number of hydrogen-bond acceptors (Lipinski definition) is 2. The highest BCUT2D eigenvalue weighted by Gasteiger charge is 2.31. The summed E-state index contributed by atoms with van der Waals surface area (Å²) in [6.07, 6.45) is 12.8. The Morgan fingerprint density at radius 2 is 1.56 bits per heavy atom. The van der Waals surface area contributed by atoms with Gasteiger partial charge in [-0.1, -0.05) is 26.2 Å². The van der Waals surface area contributed by atoms with Crippen LogP contribution in [0.25, 0.3) is 0 Å². The first-order valence-electron chi connectivity index (χ1n) is 8.11. The van der Waals surface area contributed by atoms with E-state index in [1.165, 1.54) is 57.8 Å². The van der Waals surface area contributed by atoms with Crippen molar-refractivity contribution in [1.29, 1.82) is 0 Å². The molecular weight excluding hydrogens is 220 g/mol. The lowest BCUT2D eigenvalue weighted by molar-refractivity contribution is 0.0966. The fraction of sp³-hybridized carbons (Fsp3) is 1.00. The molecule has 0 spiro atoms. The maximum Gasteiger partial charge on any atom is 0.0249 e. The molecule has 2 aliphatic carbocycles. The summed E-state index contributed by atoms with van der Waals surface area (Å²) in [6.45, 7) is 2.41. The van der Waals surface area contributed by atoms with Gasteiger partial charge in [0.1, 0.15) is 0 Å². The second-order valence-electron chi connectivity index (χ2n) is 6.68. The van der Waals surface area contributed by atoms with Crippen LogP contribution in [0.4, 0.5) is 0 Å². The summed E-state index contributed by atoms with van der Waals surface area (Å²) >= 11 is 0. The van der Waals surface area contributed by atoms with Crippen LogP contribution in [0.1, 0.15) is 64.7 Å². The molecule has 2 unspecified atom stereocenters. The lowest BCUT2D eigenvalue weighted by Crippen LogP contribution is -2.51. The topological polar surface area (TPSA) is 15.3 Å². The molecule has 0 aliphatic heterocycles. The van der Waals surface area contributed by atoms with Gasteiger partial charge in [-0.3, -0.25) is 4.90 Å². The fourth-order valence-corrected chi connectivity index (χ4v) is 4.03. The minimum atomic E-state index is 0.719. The van der Waals surface area contributed by atoms with E-state index in [0.29, 0.717) is 0 Å². The van der Waals surface area contributed by atoms with Crippen LogP contribution in [0.3, 0.4) is 0 Å². The Labute approximate surface area is 114 Å². The predicted octanol–water partition coefficient (Wildman–Crippen LogP) is 3.42. The number of hydrogen-bond donors (Lipinski definition) is 1. The zero-order valence-electron chi connectivity index (χ0n) is 12.6. The van der Waals surface area contributed by atoms with Crippen molar-refractivity contribution in [2.75, 3.05) is 14.1 Å². The molecule has 2 saturated carbocycles. The van der Waals surface area contributed by atoms with Gasteiger partial charge in [-0.15, -0.1) is 0 Å². The largest absolute Gasteiger partial charge is 0.315 e. The Morgan fingerprint density at radius 1 is 0.889 bits per heavy atom. The van der Waals surface area contributed by atoms with Gasteiger partial charge in [0.05, 0.1) is 0 Å². The van der Waals surface area contributed by atoms with Crippen molar-refractivity contribution in [3.8, 4) is 0 Å².